The van der Waals surface area contributed by atoms with E-state index in [4.69, 9.17) is 14.6 Å². The summed E-state index contributed by atoms with van der Waals surface area (Å²) >= 11 is 0. The predicted molar refractivity (Wildman–Crippen MR) is 136 cm³/mol. The Labute approximate surface area is 210 Å². The number of aliphatic hydroxyl groups is 1. The third kappa shape index (κ3) is 6.86. The first-order chi connectivity index (χ1) is 17.0. The van der Waals surface area contributed by atoms with Gasteiger partial charge in [-0.05, 0) is 41.2 Å². The van der Waals surface area contributed by atoms with E-state index in [1.54, 1.807) is 12.1 Å². The molecule has 3 rings (SSSR count). The summed E-state index contributed by atoms with van der Waals surface area (Å²) in [5.74, 6) is -1.74. The monoisotopic (exact) mass is 515 g/mol. The van der Waals surface area contributed by atoms with Crippen LogP contribution in [0.5, 0.6) is 0 Å². The lowest BCUT2D eigenvalue weighted by Gasteiger charge is -2.24. The number of carboxylic acids is 1. The van der Waals surface area contributed by atoms with Gasteiger partial charge in [-0.25, -0.2) is 4.39 Å². The summed E-state index contributed by atoms with van der Waals surface area (Å²) in [5.41, 5.74) is 5.29. The Kier molecular flexibility index (Phi) is 9.14. The maximum atomic E-state index is 13.8. The van der Waals surface area contributed by atoms with Crippen LogP contribution in [0.3, 0.4) is 0 Å². The zero-order chi connectivity index (χ0) is 26.5. The Bertz CT molecular complexity index is 1250. The third-order valence-electron chi connectivity index (χ3n) is 5.77. The lowest BCUT2D eigenvalue weighted by atomic mass is 9.87. The van der Waals surface area contributed by atoms with Crippen molar-refractivity contribution >= 4 is 13.6 Å². The number of aliphatic carboxylic acids is 1. The van der Waals surface area contributed by atoms with E-state index in [2.05, 4.69) is 0 Å². The van der Waals surface area contributed by atoms with Crippen LogP contribution >= 0.6 is 7.60 Å². The van der Waals surface area contributed by atoms with Gasteiger partial charge in [0.2, 0.25) is 0 Å². The molecule has 0 spiro atoms. The minimum atomic E-state index is -4.33. The Balaban J connectivity index is 2.16. The van der Waals surface area contributed by atoms with Crippen LogP contribution in [0, 0.1) is 5.82 Å². The first-order valence-electron chi connectivity index (χ1n) is 11.8. The normalized spacial score (nSPS) is 14.0. The molecule has 192 valence electrons. The molecule has 0 bridgehead atoms. The van der Waals surface area contributed by atoms with Crippen molar-refractivity contribution in [2.75, 3.05) is 6.16 Å². The number of aromatic nitrogens is 1. The van der Waals surface area contributed by atoms with E-state index in [1.807, 2.05) is 51.1 Å². The first-order valence-corrected chi connectivity index (χ1v) is 13.5. The SMILES string of the molecule is CCc1c(-c2ccccc2)nc(C(C)C)c(COP(=O)(O)C[C@H](O)CC(=O)O)c1-c1ccc(F)cc1. The molecule has 1 heterocycles. The summed E-state index contributed by atoms with van der Waals surface area (Å²) in [7, 11) is -4.33. The van der Waals surface area contributed by atoms with E-state index in [0.29, 0.717) is 23.2 Å². The van der Waals surface area contributed by atoms with E-state index < -0.39 is 32.3 Å². The molecule has 0 radical (unpaired) electrons. The molecule has 0 aliphatic carbocycles. The van der Waals surface area contributed by atoms with Crippen molar-refractivity contribution in [2.45, 2.75) is 52.2 Å². The van der Waals surface area contributed by atoms with Crippen LogP contribution in [0.25, 0.3) is 22.4 Å². The highest BCUT2D eigenvalue weighted by Crippen LogP contribution is 2.46. The zero-order valence-corrected chi connectivity index (χ0v) is 21.4. The van der Waals surface area contributed by atoms with Gasteiger partial charge in [0.1, 0.15) is 5.82 Å². The fourth-order valence-corrected chi connectivity index (χ4v) is 5.30. The van der Waals surface area contributed by atoms with Crippen molar-refractivity contribution in [1.29, 1.82) is 0 Å². The van der Waals surface area contributed by atoms with Crippen LogP contribution in [-0.4, -0.2) is 38.3 Å². The first kappa shape index (κ1) is 27.7. The van der Waals surface area contributed by atoms with Crippen LogP contribution in [0.4, 0.5) is 4.39 Å². The van der Waals surface area contributed by atoms with Gasteiger partial charge in [0.25, 0.3) is 0 Å². The lowest BCUT2D eigenvalue weighted by molar-refractivity contribution is -0.138. The predicted octanol–water partition coefficient (Wildman–Crippen LogP) is 5.78. The number of pyridine rings is 1. The van der Waals surface area contributed by atoms with Gasteiger partial charge in [0.05, 0.1) is 31.0 Å². The van der Waals surface area contributed by atoms with Gasteiger partial charge in [0.15, 0.2) is 0 Å². The molecule has 36 heavy (non-hydrogen) atoms. The topological polar surface area (TPSA) is 117 Å². The van der Waals surface area contributed by atoms with E-state index >= 15 is 0 Å². The van der Waals surface area contributed by atoms with Crippen LogP contribution < -0.4 is 0 Å². The summed E-state index contributed by atoms with van der Waals surface area (Å²) in [4.78, 5) is 26.2. The number of nitrogens with zero attached hydrogens (tertiary/aromatic N) is 1. The molecule has 0 fully saturated rings. The molecule has 0 amide bonds. The molecular weight excluding hydrogens is 484 g/mol. The van der Waals surface area contributed by atoms with Gasteiger partial charge < -0.3 is 19.6 Å². The number of carboxylic acid groups (broad SMARTS) is 1. The third-order valence-corrected chi connectivity index (χ3v) is 7.19. The van der Waals surface area contributed by atoms with Crippen molar-refractivity contribution in [1.82, 2.24) is 4.98 Å². The Morgan fingerprint density at radius 3 is 2.25 bits per heavy atom. The molecule has 1 aromatic heterocycles. The molecular formula is C27H31FNO6P. The Hall–Kier alpha value is -2.90. The number of rotatable bonds is 11. The van der Waals surface area contributed by atoms with Crippen molar-refractivity contribution in [3.63, 3.8) is 0 Å². The average Bonchev–Trinajstić information content (AvgIpc) is 2.81. The second-order valence-electron chi connectivity index (χ2n) is 8.90. The second kappa shape index (κ2) is 11.9. The zero-order valence-electron chi connectivity index (χ0n) is 20.5. The molecule has 7 nitrogen and oxygen atoms in total. The molecule has 0 aliphatic heterocycles. The minimum absolute atomic E-state index is 0.0770. The summed E-state index contributed by atoms with van der Waals surface area (Å²) in [6.07, 6.45) is -2.31. The maximum Gasteiger partial charge on any atom is 0.331 e. The summed E-state index contributed by atoms with van der Waals surface area (Å²) in [5, 5.41) is 18.7. The number of hydrogen-bond acceptors (Lipinski definition) is 5. The van der Waals surface area contributed by atoms with Crippen molar-refractivity contribution in [3.8, 4) is 22.4 Å². The maximum absolute atomic E-state index is 13.8. The van der Waals surface area contributed by atoms with Gasteiger partial charge in [-0.2, -0.15) is 0 Å². The summed E-state index contributed by atoms with van der Waals surface area (Å²) in [6.45, 7) is 5.60. The number of benzene rings is 2. The number of halogens is 1. The van der Waals surface area contributed by atoms with E-state index in [0.717, 1.165) is 22.4 Å². The van der Waals surface area contributed by atoms with Gasteiger partial charge in [0, 0.05) is 16.8 Å². The van der Waals surface area contributed by atoms with Crippen LogP contribution in [0.15, 0.2) is 54.6 Å². The highest BCUT2D eigenvalue weighted by molar-refractivity contribution is 7.52. The van der Waals surface area contributed by atoms with Crippen molar-refractivity contribution < 1.29 is 33.4 Å². The van der Waals surface area contributed by atoms with Gasteiger partial charge >= 0.3 is 13.6 Å². The van der Waals surface area contributed by atoms with Crippen molar-refractivity contribution in [2.24, 2.45) is 0 Å². The summed E-state index contributed by atoms with van der Waals surface area (Å²) in [6, 6.07) is 15.7. The summed E-state index contributed by atoms with van der Waals surface area (Å²) < 4.78 is 31.9. The van der Waals surface area contributed by atoms with Crippen LogP contribution in [0.2, 0.25) is 0 Å². The molecule has 2 aromatic carbocycles. The lowest BCUT2D eigenvalue weighted by Crippen LogP contribution is -2.18. The van der Waals surface area contributed by atoms with Gasteiger partial charge in [-0.3, -0.25) is 14.3 Å². The highest BCUT2D eigenvalue weighted by Gasteiger charge is 2.29. The second-order valence-corrected chi connectivity index (χ2v) is 10.8. The van der Waals surface area contributed by atoms with Gasteiger partial charge in [-0.1, -0.05) is 63.2 Å². The Morgan fingerprint density at radius 2 is 1.69 bits per heavy atom. The minimum Gasteiger partial charge on any atom is -0.481 e. The number of aliphatic hydroxyl groups excluding tert-OH is 1. The van der Waals surface area contributed by atoms with Gasteiger partial charge in [-0.15, -0.1) is 0 Å². The van der Waals surface area contributed by atoms with Crippen LogP contribution in [-0.2, 0) is 26.9 Å². The molecule has 0 saturated heterocycles. The fraction of sp³-hybridized carbons (Fsp3) is 0.333. The highest BCUT2D eigenvalue weighted by atomic mass is 31.2. The van der Waals surface area contributed by atoms with Crippen LogP contribution in [0.1, 0.15) is 49.9 Å². The van der Waals surface area contributed by atoms with E-state index in [9.17, 15) is 23.7 Å². The van der Waals surface area contributed by atoms with E-state index in [1.165, 1.54) is 12.1 Å². The smallest absolute Gasteiger partial charge is 0.331 e. The number of carbonyl (C=O) groups is 1. The number of hydrogen-bond donors (Lipinski definition) is 3. The quantitative estimate of drug-likeness (QED) is 0.277. The Morgan fingerprint density at radius 1 is 1.06 bits per heavy atom. The molecule has 0 aliphatic rings. The van der Waals surface area contributed by atoms with Crippen molar-refractivity contribution in [3.05, 3.63) is 77.2 Å². The standard InChI is InChI=1S/C27H31FNO6P/c1-4-22-25(18-10-12-20(28)13-11-18)23(15-35-36(33,34)16-21(30)14-24(31)32)26(17(2)3)29-27(22)19-8-6-5-7-9-19/h5-13,17,21,30H,4,14-16H2,1-3H3,(H,31,32)(H,33,34)/t21-/m1/s1. The molecule has 0 saturated carbocycles. The fourth-order valence-electron chi connectivity index (χ4n) is 4.20. The molecule has 3 N–H and O–H groups in total. The average molecular weight is 516 g/mol. The molecule has 1 unspecified atom stereocenters. The molecule has 9 heteroatoms. The molecule has 2 atom stereocenters. The van der Waals surface area contributed by atoms with E-state index in [-0.39, 0.29) is 18.3 Å². The largest absolute Gasteiger partial charge is 0.481 e. The molecule has 3 aromatic rings.